The first-order valence-corrected chi connectivity index (χ1v) is 13.5. The fourth-order valence-corrected chi connectivity index (χ4v) is 6.31. The Balaban J connectivity index is 1.58. The first-order valence-electron chi connectivity index (χ1n) is 12.0. The molecule has 3 aromatic carbocycles. The zero-order valence-corrected chi connectivity index (χ0v) is 21.5. The Kier molecular flexibility index (Phi) is 7.44. The molecule has 4 rings (SSSR count). The van der Waals surface area contributed by atoms with E-state index >= 15 is 0 Å². The first-order chi connectivity index (χ1) is 17.1. The Bertz CT molecular complexity index is 1400. The number of fused-ring (bicyclic) bond motifs is 1. The van der Waals surface area contributed by atoms with E-state index in [4.69, 9.17) is 5.73 Å². The van der Waals surface area contributed by atoms with Gasteiger partial charge in [0.1, 0.15) is 0 Å². The standard InChI is InChI=1S/C27H32N4O4S/c1-17-8-4-5-9-20(17)26(32)29-24-12-6-11-22-21(24)10-7-13-25(22)36(34,35)30-23-14-15-31(16-18(23)2)27(33)19(3)28/h4-13,18-19,23,30H,14-16,28H2,1-3H3,(H,29,32)/t18-,19+,23+/m1/s1. The predicted octanol–water partition coefficient (Wildman–Crippen LogP) is 3.26. The maximum atomic E-state index is 13.5. The summed E-state index contributed by atoms with van der Waals surface area (Å²) in [5.41, 5.74) is 7.68. The molecule has 1 heterocycles. The van der Waals surface area contributed by atoms with Crippen LogP contribution in [0, 0.1) is 12.8 Å². The van der Waals surface area contributed by atoms with Crippen molar-refractivity contribution in [1.82, 2.24) is 9.62 Å². The number of nitrogens with one attached hydrogen (secondary N) is 2. The molecular formula is C27H32N4O4S. The zero-order valence-electron chi connectivity index (χ0n) is 20.7. The summed E-state index contributed by atoms with van der Waals surface area (Å²) in [5, 5.41) is 4.08. The normalized spacial score (nSPS) is 19.2. The van der Waals surface area contributed by atoms with Crippen LogP contribution in [0.5, 0.6) is 0 Å². The van der Waals surface area contributed by atoms with Gasteiger partial charge in [0.25, 0.3) is 5.91 Å². The number of rotatable bonds is 6. The molecule has 1 saturated heterocycles. The first kappa shape index (κ1) is 25.8. The maximum Gasteiger partial charge on any atom is 0.255 e. The molecule has 1 fully saturated rings. The van der Waals surface area contributed by atoms with Crippen molar-refractivity contribution in [3.8, 4) is 0 Å². The third-order valence-electron chi connectivity index (χ3n) is 6.72. The number of nitrogens with zero attached hydrogens (tertiary/aromatic N) is 1. The average molecular weight is 509 g/mol. The van der Waals surface area contributed by atoms with Gasteiger partial charge in [0.05, 0.1) is 10.9 Å². The summed E-state index contributed by atoms with van der Waals surface area (Å²) in [7, 11) is -3.87. The van der Waals surface area contributed by atoms with Crippen LogP contribution in [0.2, 0.25) is 0 Å². The van der Waals surface area contributed by atoms with Crippen LogP contribution in [0.4, 0.5) is 5.69 Å². The lowest BCUT2D eigenvalue weighted by molar-refractivity contribution is -0.134. The molecule has 2 amide bonds. The minimum atomic E-state index is -3.87. The van der Waals surface area contributed by atoms with E-state index < -0.39 is 16.1 Å². The van der Waals surface area contributed by atoms with Crippen molar-refractivity contribution in [3.63, 3.8) is 0 Å². The number of sulfonamides is 1. The van der Waals surface area contributed by atoms with Gasteiger partial charge in [0.15, 0.2) is 0 Å². The number of hydrogen-bond acceptors (Lipinski definition) is 5. The minimum absolute atomic E-state index is 0.0739. The highest BCUT2D eigenvalue weighted by molar-refractivity contribution is 7.89. The number of hydrogen-bond donors (Lipinski definition) is 3. The van der Waals surface area contributed by atoms with Gasteiger partial charge in [-0.1, -0.05) is 49.4 Å². The number of aryl methyl sites for hydroxylation is 1. The Morgan fingerprint density at radius 2 is 1.72 bits per heavy atom. The Hall–Kier alpha value is -3.27. The highest BCUT2D eigenvalue weighted by atomic mass is 32.2. The highest BCUT2D eigenvalue weighted by Crippen LogP contribution is 2.30. The number of anilines is 1. The Morgan fingerprint density at radius 3 is 2.42 bits per heavy atom. The van der Waals surface area contributed by atoms with Gasteiger partial charge < -0.3 is 16.0 Å². The van der Waals surface area contributed by atoms with Gasteiger partial charge in [-0.05, 0) is 49.9 Å². The third-order valence-corrected chi connectivity index (χ3v) is 8.27. The van der Waals surface area contributed by atoms with E-state index in [0.29, 0.717) is 41.5 Å². The lowest BCUT2D eigenvalue weighted by atomic mass is 9.94. The molecule has 0 spiro atoms. The zero-order chi connectivity index (χ0) is 26.0. The molecule has 0 aliphatic carbocycles. The summed E-state index contributed by atoms with van der Waals surface area (Å²) in [6.45, 7) is 6.34. The van der Waals surface area contributed by atoms with Crippen LogP contribution in [-0.2, 0) is 14.8 Å². The van der Waals surface area contributed by atoms with Crippen molar-refractivity contribution >= 4 is 38.3 Å². The van der Waals surface area contributed by atoms with Crippen LogP contribution in [0.25, 0.3) is 10.8 Å². The predicted molar refractivity (Wildman–Crippen MR) is 141 cm³/mol. The fraction of sp³-hybridized carbons (Fsp3) is 0.333. The van der Waals surface area contributed by atoms with Gasteiger partial charge in [-0.15, -0.1) is 0 Å². The number of benzene rings is 3. The molecule has 9 heteroatoms. The van der Waals surface area contributed by atoms with Crippen molar-refractivity contribution in [2.24, 2.45) is 11.7 Å². The van der Waals surface area contributed by atoms with Crippen molar-refractivity contribution < 1.29 is 18.0 Å². The van der Waals surface area contributed by atoms with E-state index in [1.807, 2.05) is 26.0 Å². The molecule has 3 atom stereocenters. The molecule has 0 saturated carbocycles. The summed E-state index contributed by atoms with van der Waals surface area (Å²) < 4.78 is 29.8. The molecular weight excluding hydrogens is 476 g/mol. The quantitative estimate of drug-likeness (QED) is 0.472. The van der Waals surface area contributed by atoms with E-state index in [2.05, 4.69) is 10.0 Å². The summed E-state index contributed by atoms with van der Waals surface area (Å²) in [4.78, 5) is 27.0. The molecule has 3 aromatic rings. The van der Waals surface area contributed by atoms with E-state index in [0.717, 1.165) is 5.56 Å². The Morgan fingerprint density at radius 1 is 1.03 bits per heavy atom. The van der Waals surface area contributed by atoms with E-state index in [1.54, 1.807) is 60.4 Å². The van der Waals surface area contributed by atoms with Gasteiger partial charge >= 0.3 is 0 Å². The molecule has 36 heavy (non-hydrogen) atoms. The second-order valence-electron chi connectivity index (χ2n) is 9.49. The SMILES string of the molecule is Cc1ccccc1C(=O)Nc1cccc2c(S(=O)(=O)N[C@H]3CCN(C(=O)[C@H](C)N)C[C@H]3C)cccc12. The lowest BCUT2D eigenvalue weighted by Crippen LogP contribution is -2.54. The van der Waals surface area contributed by atoms with Crippen molar-refractivity contribution in [1.29, 1.82) is 0 Å². The second-order valence-corrected chi connectivity index (χ2v) is 11.2. The van der Waals surface area contributed by atoms with Gasteiger partial charge in [-0.3, -0.25) is 9.59 Å². The van der Waals surface area contributed by atoms with Crippen LogP contribution in [0.15, 0.2) is 65.6 Å². The van der Waals surface area contributed by atoms with Crippen molar-refractivity contribution in [3.05, 3.63) is 71.8 Å². The molecule has 0 unspecified atom stereocenters. The van der Waals surface area contributed by atoms with E-state index in [1.165, 1.54) is 0 Å². The largest absolute Gasteiger partial charge is 0.341 e. The molecule has 8 nitrogen and oxygen atoms in total. The van der Waals surface area contributed by atoms with Crippen molar-refractivity contribution in [2.45, 2.75) is 44.2 Å². The average Bonchev–Trinajstić information content (AvgIpc) is 2.84. The Labute approximate surface area is 211 Å². The van der Waals surface area contributed by atoms with E-state index in [-0.39, 0.29) is 28.7 Å². The van der Waals surface area contributed by atoms with Crippen LogP contribution in [-0.4, -0.2) is 50.3 Å². The fourth-order valence-electron chi connectivity index (χ4n) is 4.71. The smallest absolute Gasteiger partial charge is 0.255 e. The van der Waals surface area contributed by atoms with Crippen LogP contribution >= 0.6 is 0 Å². The highest BCUT2D eigenvalue weighted by Gasteiger charge is 2.33. The molecule has 190 valence electrons. The van der Waals surface area contributed by atoms with Crippen molar-refractivity contribution in [2.75, 3.05) is 18.4 Å². The van der Waals surface area contributed by atoms with Gasteiger partial charge in [-0.2, -0.15) is 0 Å². The van der Waals surface area contributed by atoms with Gasteiger partial charge in [0.2, 0.25) is 15.9 Å². The second kappa shape index (κ2) is 10.4. The lowest BCUT2D eigenvalue weighted by Gasteiger charge is -2.37. The van der Waals surface area contributed by atoms with Gasteiger partial charge in [0, 0.05) is 41.2 Å². The molecule has 0 radical (unpaired) electrons. The number of likely N-dealkylation sites (tertiary alicyclic amines) is 1. The summed E-state index contributed by atoms with van der Waals surface area (Å²) in [6.07, 6.45) is 0.501. The summed E-state index contributed by atoms with van der Waals surface area (Å²) in [5.74, 6) is -0.457. The third kappa shape index (κ3) is 5.28. The molecule has 4 N–H and O–H groups in total. The molecule has 1 aliphatic heterocycles. The molecule has 0 aromatic heterocycles. The maximum absolute atomic E-state index is 13.5. The summed E-state index contributed by atoms with van der Waals surface area (Å²) >= 11 is 0. The molecule has 1 aliphatic rings. The van der Waals surface area contributed by atoms with Gasteiger partial charge in [-0.25, -0.2) is 13.1 Å². The number of nitrogens with two attached hydrogens (primary N) is 1. The summed E-state index contributed by atoms with van der Waals surface area (Å²) in [6, 6.07) is 16.7. The number of piperidine rings is 1. The topological polar surface area (TPSA) is 122 Å². The van der Waals surface area contributed by atoms with Crippen LogP contribution in [0.1, 0.15) is 36.2 Å². The van der Waals surface area contributed by atoms with Crippen LogP contribution in [0.3, 0.4) is 0 Å². The van der Waals surface area contributed by atoms with Crippen LogP contribution < -0.4 is 15.8 Å². The number of carbonyl (C=O) groups excluding carboxylic acids is 2. The minimum Gasteiger partial charge on any atom is -0.341 e. The van der Waals surface area contributed by atoms with E-state index in [9.17, 15) is 18.0 Å². The molecule has 0 bridgehead atoms. The number of amides is 2. The number of carbonyl (C=O) groups is 2. The monoisotopic (exact) mass is 508 g/mol.